The number of carbonyl (C=O) groups excluding carboxylic acids is 3. The predicted octanol–water partition coefficient (Wildman–Crippen LogP) is 5.75. The molecule has 1 fully saturated rings. The van der Waals surface area contributed by atoms with Crippen LogP contribution in [-0.2, 0) is 25.5 Å². The Labute approximate surface area is 249 Å². The summed E-state index contributed by atoms with van der Waals surface area (Å²) in [5.41, 5.74) is 1.20. The van der Waals surface area contributed by atoms with Crippen molar-refractivity contribution in [2.45, 2.75) is 85.3 Å². The number of benzene rings is 1. The van der Waals surface area contributed by atoms with E-state index in [0.29, 0.717) is 18.3 Å². The number of nitrogens with zero attached hydrogens (tertiary/aromatic N) is 1. The third-order valence-corrected chi connectivity index (χ3v) is 7.77. The number of esters is 2. The molecule has 42 heavy (non-hydrogen) atoms. The van der Waals surface area contributed by atoms with E-state index in [1.165, 1.54) is 24.9 Å². The summed E-state index contributed by atoms with van der Waals surface area (Å²) in [5, 5.41) is 2.82. The molecule has 0 aliphatic carbocycles. The fourth-order valence-electron chi connectivity index (χ4n) is 5.38. The lowest BCUT2D eigenvalue weighted by atomic mass is 9.77. The molecule has 1 aliphatic rings. The zero-order valence-electron chi connectivity index (χ0n) is 25.8. The molecular weight excluding hydrogens is 536 g/mol. The molecule has 0 spiro atoms. The average Bonchev–Trinajstić information content (AvgIpc) is 3.00. The van der Waals surface area contributed by atoms with Crippen molar-refractivity contribution in [3.05, 3.63) is 53.9 Å². The Morgan fingerprint density at radius 3 is 2.50 bits per heavy atom. The molecule has 1 aliphatic heterocycles. The number of ether oxygens (including phenoxy) is 4. The lowest BCUT2D eigenvalue weighted by Gasteiger charge is -2.32. The molecule has 0 bridgehead atoms. The monoisotopic (exact) mass is 582 g/mol. The molecule has 1 aromatic heterocycles. The second-order valence-electron chi connectivity index (χ2n) is 11.8. The topological polar surface area (TPSA) is 113 Å². The molecule has 9 heteroatoms. The Bertz CT molecular complexity index is 1170. The van der Waals surface area contributed by atoms with Gasteiger partial charge in [-0.25, -0.2) is 9.78 Å². The summed E-state index contributed by atoms with van der Waals surface area (Å²) in [7, 11) is 1.43. The smallest absolute Gasteiger partial charge is 0.328 e. The Hall–Kier alpha value is -3.62. The number of carbonyl (C=O) groups is 3. The van der Waals surface area contributed by atoms with E-state index < -0.39 is 30.7 Å². The van der Waals surface area contributed by atoms with Gasteiger partial charge < -0.3 is 24.3 Å². The van der Waals surface area contributed by atoms with Gasteiger partial charge in [0.1, 0.15) is 12.1 Å². The van der Waals surface area contributed by atoms with E-state index in [4.69, 9.17) is 18.9 Å². The minimum absolute atomic E-state index is 0.0236. The summed E-state index contributed by atoms with van der Waals surface area (Å²) >= 11 is 0. The van der Waals surface area contributed by atoms with Crippen LogP contribution in [0.5, 0.6) is 11.5 Å². The van der Waals surface area contributed by atoms with Crippen molar-refractivity contribution < 1.29 is 33.3 Å². The van der Waals surface area contributed by atoms with Crippen LogP contribution in [0.1, 0.15) is 82.8 Å². The molecule has 2 heterocycles. The van der Waals surface area contributed by atoms with Gasteiger partial charge in [0.25, 0.3) is 5.91 Å². The van der Waals surface area contributed by atoms with Crippen LogP contribution in [-0.4, -0.2) is 48.9 Å². The zero-order valence-corrected chi connectivity index (χ0v) is 25.8. The molecule has 3 rings (SSSR count). The van der Waals surface area contributed by atoms with Crippen LogP contribution in [0.25, 0.3) is 0 Å². The second-order valence-corrected chi connectivity index (χ2v) is 11.8. The van der Waals surface area contributed by atoms with Crippen LogP contribution >= 0.6 is 0 Å². The number of methoxy groups -OCH3 is 1. The first-order valence-electron chi connectivity index (χ1n) is 15.0. The second kappa shape index (κ2) is 16.1. The molecule has 1 amide bonds. The largest absolute Gasteiger partial charge is 0.493 e. The number of hydrogen-bond acceptors (Lipinski definition) is 8. The maximum atomic E-state index is 13.4. The quantitative estimate of drug-likeness (QED) is 0.249. The molecule has 4 atom stereocenters. The van der Waals surface area contributed by atoms with Crippen molar-refractivity contribution in [3.8, 4) is 11.5 Å². The standard InChI is InChI=1S/C33H46N2O7/c1-21(2)15-16-26-23(5)42-33(38)27(14-10-13-25(26)19-24-11-8-7-9-12-24)35-31(36)29-30(28(39-6)17-18-34-29)40-20-41-32(37)22(3)4/h7-9,11-12,17-18,21-23,25-27H,10,13-16,19-20H2,1-6H3,(H,35,36)/t23-,25+,26-,27-/m0/s1. The highest BCUT2D eigenvalue weighted by atomic mass is 16.7. The van der Waals surface area contributed by atoms with E-state index in [-0.39, 0.29) is 35.1 Å². The molecule has 1 saturated heterocycles. The Morgan fingerprint density at radius 1 is 1.10 bits per heavy atom. The summed E-state index contributed by atoms with van der Waals surface area (Å²) in [6, 6.07) is 11.1. The highest BCUT2D eigenvalue weighted by Crippen LogP contribution is 2.34. The minimum atomic E-state index is -0.846. The summed E-state index contributed by atoms with van der Waals surface area (Å²) in [5.74, 6) is -0.465. The van der Waals surface area contributed by atoms with Crippen molar-refractivity contribution in [1.29, 1.82) is 0 Å². The van der Waals surface area contributed by atoms with Gasteiger partial charge in [0, 0.05) is 12.3 Å². The summed E-state index contributed by atoms with van der Waals surface area (Å²) < 4.78 is 22.1. The molecule has 1 N–H and O–H groups in total. The average molecular weight is 583 g/mol. The lowest BCUT2D eigenvalue weighted by Crippen LogP contribution is -2.43. The fraction of sp³-hybridized carbons (Fsp3) is 0.576. The number of hydrogen-bond donors (Lipinski definition) is 1. The van der Waals surface area contributed by atoms with E-state index in [1.807, 2.05) is 13.0 Å². The molecule has 230 valence electrons. The molecule has 9 nitrogen and oxygen atoms in total. The molecule has 0 unspecified atom stereocenters. The van der Waals surface area contributed by atoms with Gasteiger partial charge in [-0.15, -0.1) is 0 Å². The van der Waals surface area contributed by atoms with Crippen molar-refractivity contribution in [2.75, 3.05) is 13.9 Å². The lowest BCUT2D eigenvalue weighted by molar-refractivity contribution is -0.155. The number of pyridine rings is 1. The summed E-state index contributed by atoms with van der Waals surface area (Å²) in [6.07, 6.45) is 6.15. The van der Waals surface area contributed by atoms with Gasteiger partial charge in [-0.05, 0) is 55.9 Å². The maximum Gasteiger partial charge on any atom is 0.328 e. The number of cyclic esters (lactones) is 1. The van der Waals surface area contributed by atoms with Gasteiger partial charge in [-0.1, -0.05) is 70.9 Å². The third-order valence-electron chi connectivity index (χ3n) is 7.77. The predicted molar refractivity (Wildman–Crippen MR) is 159 cm³/mol. The zero-order chi connectivity index (χ0) is 30.6. The van der Waals surface area contributed by atoms with Crippen LogP contribution in [0.4, 0.5) is 0 Å². The van der Waals surface area contributed by atoms with E-state index in [0.717, 1.165) is 32.1 Å². The van der Waals surface area contributed by atoms with E-state index in [2.05, 4.69) is 48.4 Å². The van der Waals surface area contributed by atoms with Crippen molar-refractivity contribution in [1.82, 2.24) is 10.3 Å². The highest BCUT2D eigenvalue weighted by molar-refractivity contribution is 5.98. The normalized spacial score (nSPS) is 21.1. The minimum Gasteiger partial charge on any atom is -0.493 e. The Morgan fingerprint density at radius 2 is 1.83 bits per heavy atom. The molecular formula is C33H46N2O7. The van der Waals surface area contributed by atoms with Gasteiger partial charge in [-0.3, -0.25) is 9.59 Å². The van der Waals surface area contributed by atoms with Crippen LogP contribution in [0.3, 0.4) is 0 Å². The molecule has 0 saturated carbocycles. The Balaban J connectivity index is 1.77. The highest BCUT2D eigenvalue weighted by Gasteiger charge is 2.35. The van der Waals surface area contributed by atoms with E-state index >= 15 is 0 Å². The van der Waals surface area contributed by atoms with Gasteiger partial charge in [0.2, 0.25) is 6.79 Å². The summed E-state index contributed by atoms with van der Waals surface area (Å²) in [4.78, 5) is 42.9. The van der Waals surface area contributed by atoms with Crippen molar-refractivity contribution in [2.24, 2.45) is 23.7 Å². The van der Waals surface area contributed by atoms with Crippen LogP contribution in [0, 0.1) is 23.7 Å². The number of amides is 1. The van der Waals surface area contributed by atoms with Gasteiger partial charge in [0.15, 0.2) is 17.2 Å². The van der Waals surface area contributed by atoms with E-state index in [9.17, 15) is 14.4 Å². The first-order valence-corrected chi connectivity index (χ1v) is 15.0. The van der Waals surface area contributed by atoms with Gasteiger partial charge in [-0.2, -0.15) is 0 Å². The first-order chi connectivity index (χ1) is 20.1. The van der Waals surface area contributed by atoms with Crippen molar-refractivity contribution >= 4 is 17.8 Å². The number of rotatable bonds is 12. The summed E-state index contributed by atoms with van der Waals surface area (Å²) in [6.45, 7) is 9.39. The number of nitrogens with one attached hydrogen (secondary N) is 1. The maximum absolute atomic E-state index is 13.4. The van der Waals surface area contributed by atoms with Crippen LogP contribution < -0.4 is 14.8 Å². The van der Waals surface area contributed by atoms with Gasteiger partial charge >= 0.3 is 11.9 Å². The molecule has 2 aromatic rings. The van der Waals surface area contributed by atoms with Gasteiger partial charge in [0.05, 0.1) is 13.0 Å². The van der Waals surface area contributed by atoms with Crippen molar-refractivity contribution in [3.63, 3.8) is 0 Å². The number of aromatic nitrogens is 1. The Kier molecular flexibility index (Phi) is 12.6. The molecule has 1 aromatic carbocycles. The first kappa shape index (κ1) is 32.9. The van der Waals surface area contributed by atoms with Crippen LogP contribution in [0.15, 0.2) is 42.6 Å². The SMILES string of the molecule is COc1ccnc(C(=O)N[C@H]2CCC[C@H](Cc3ccccc3)[C@@H](CCC(C)C)[C@H](C)OC2=O)c1OCOC(=O)C(C)C. The molecule has 0 radical (unpaired) electrons. The fourth-order valence-corrected chi connectivity index (χ4v) is 5.38. The van der Waals surface area contributed by atoms with E-state index in [1.54, 1.807) is 13.8 Å². The van der Waals surface area contributed by atoms with Crippen LogP contribution in [0.2, 0.25) is 0 Å². The third kappa shape index (κ3) is 9.46.